The topological polar surface area (TPSA) is 83.1 Å². The number of anilines is 1. The molecule has 0 bridgehead atoms. The number of halogens is 1. The van der Waals surface area contributed by atoms with Gasteiger partial charge in [0.25, 0.3) is 5.91 Å². The van der Waals surface area contributed by atoms with Crippen LogP contribution >= 0.6 is 22.6 Å². The van der Waals surface area contributed by atoms with Gasteiger partial charge in [-0.15, -0.1) is 0 Å². The third-order valence-electron chi connectivity index (χ3n) is 3.57. The lowest BCUT2D eigenvalue weighted by Crippen LogP contribution is -2.21. The molecule has 0 saturated carbocycles. The molecular formula is C19H20INO6. The molecule has 0 fully saturated rings. The van der Waals surface area contributed by atoms with Crippen molar-refractivity contribution in [1.29, 1.82) is 0 Å². The molecular weight excluding hydrogens is 465 g/mol. The lowest BCUT2D eigenvalue weighted by atomic mass is 10.1. The number of carbonyl (C=O) groups is 2. The van der Waals surface area contributed by atoms with E-state index in [4.69, 9.17) is 18.9 Å². The predicted molar refractivity (Wildman–Crippen MR) is 109 cm³/mol. The van der Waals surface area contributed by atoms with Crippen molar-refractivity contribution in [2.24, 2.45) is 0 Å². The van der Waals surface area contributed by atoms with Crippen molar-refractivity contribution in [2.75, 3.05) is 33.3 Å². The van der Waals surface area contributed by atoms with Gasteiger partial charge in [-0.3, -0.25) is 9.59 Å². The average molecular weight is 485 g/mol. The number of hydrogen-bond donors (Lipinski definition) is 1. The van der Waals surface area contributed by atoms with E-state index in [0.717, 1.165) is 3.57 Å². The van der Waals surface area contributed by atoms with E-state index in [2.05, 4.69) is 27.9 Å². The molecule has 0 atom stereocenters. The molecule has 2 aromatic rings. The number of rotatable bonds is 8. The lowest BCUT2D eigenvalue weighted by molar-refractivity contribution is -0.146. The number of amides is 1. The van der Waals surface area contributed by atoms with Crippen LogP contribution in [0.15, 0.2) is 36.4 Å². The van der Waals surface area contributed by atoms with Gasteiger partial charge in [0.05, 0.1) is 27.8 Å². The fourth-order valence-corrected chi connectivity index (χ4v) is 2.69. The van der Waals surface area contributed by atoms with Crippen LogP contribution in [0.2, 0.25) is 0 Å². The molecule has 0 aliphatic heterocycles. The van der Waals surface area contributed by atoms with Crippen molar-refractivity contribution in [3.63, 3.8) is 0 Å². The summed E-state index contributed by atoms with van der Waals surface area (Å²) in [6, 6.07) is 10.6. The van der Waals surface area contributed by atoms with Gasteiger partial charge in [-0.1, -0.05) is 0 Å². The van der Waals surface area contributed by atoms with Gasteiger partial charge >= 0.3 is 5.97 Å². The minimum atomic E-state index is -0.540. The summed E-state index contributed by atoms with van der Waals surface area (Å²) in [5.41, 5.74) is 1.26. The van der Waals surface area contributed by atoms with Gasteiger partial charge < -0.3 is 24.3 Å². The Labute approximate surface area is 171 Å². The molecule has 2 aromatic carbocycles. The van der Waals surface area contributed by atoms with Crippen molar-refractivity contribution in [3.05, 3.63) is 45.5 Å². The SMILES string of the molecule is COc1cc(CC(=O)OCC(=O)Nc2ccc(I)cc2)cc(OC)c1OC. The van der Waals surface area contributed by atoms with Crippen LogP contribution in [-0.4, -0.2) is 39.8 Å². The molecule has 7 nitrogen and oxygen atoms in total. The first-order valence-electron chi connectivity index (χ1n) is 7.96. The van der Waals surface area contributed by atoms with Crippen LogP contribution in [0.3, 0.4) is 0 Å². The molecule has 8 heteroatoms. The van der Waals surface area contributed by atoms with Crippen LogP contribution in [0.25, 0.3) is 0 Å². The molecule has 144 valence electrons. The maximum absolute atomic E-state index is 12.1. The smallest absolute Gasteiger partial charge is 0.310 e. The van der Waals surface area contributed by atoms with E-state index in [0.29, 0.717) is 28.5 Å². The first-order valence-corrected chi connectivity index (χ1v) is 9.04. The van der Waals surface area contributed by atoms with Crippen molar-refractivity contribution in [1.82, 2.24) is 0 Å². The van der Waals surface area contributed by atoms with Crippen molar-refractivity contribution >= 4 is 40.2 Å². The lowest BCUT2D eigenvalue weighted by Gasteiger charge is -2.14. The Kier molecular flexibility index (Phi) is 7.71. The van der Waals surface area contributed by atoms with Gasteiger partial charge in [-0.2, -0.15) is 0 Å². The molecule has 2 rings (SSSR count). The number of carbonyl (C=O) groups excluding carboxylic acids is 2. The highest BCUT2D eigenvalue weighted by atomic mass is 127. The minimum Gasteiger partial charge on any atom is -0.493 e. The Morgan fingerprint density at radius 2 is 1.56 bits per heavy atom. The second-order valence-corrected chi connectivity index (χ2v) is 6.67. The van der Waals surface area contributed by atoms with E-state index in [-0.39, 0.29) is 13.0 Å². The van der Waals surface area contributed by atoms with Crippen LogP contribution in [-0.2, 0) is 20.7 Å². The predicted octanol–water partition coefficient (Wildman–Crippen LogP) is 3.04. The molecule has 0 unspecified atom stereocenters. The monoisotopic (exact) mass is 485 g/mol. The molecule has 27 heavy (non-hydrogen) atoms. The Morgan fingerprint density at radius 1 is 0.963 bits per heavy atom. The van der Waals surface area contributed by atoms with E-state index in [1.165, 1.54) is 21.3 Å². The van der Waals surface area contributed by atoms with Crippen LogP contribution in [0.4, 0.5) is 5.69 Å². The van der Waals surface area contributed by atoms with Crippen molar-refractivity contribution in [2.45, 2.75) is 6.42 Å². The van der Waals surface area contributed by atoms with Gasteiger partial charge in [0, 0.05) is 9.26 Å². The van der Waals surface area contributed by atoms with E-state index in [1.54, 1.807) is 24.3 Å². The zero-order valence-corrected chi connectivity index (χ0v) is 17.4. The zero-order valence-electron chi connectivity index (χ0n) is 15.2. The van der Waals surface area contributed by atoms with Crippen LogP contribution in [0.1, 0.15) is 5.56 Å². The molecule has 0 heterocycles. The number of esters is 1. The third-order valence-corrected chi connectivity index (χ3v) is 4.28. The van der Waals surface area contributed by atoms with E-state index in [1.807, 2.05) is 12.1 Å². The standard InChI is InChI=1S/C19H20INO6/c1-24-15-8-12(9-16(25-2)19(15)26-3)10-18(23)27-11-17(22)21-14-6-4-13(20)5-7-14/h4-9H,10-11H2,1-3H3,(H,21,22). The molecule has 0 radical (unpaired) electrons. The second-order valence-electron chi connectivity index (χ2n) is 5.43. The summed E-state index contributed by atoms with van der Waals surface area (Å²) in [5.74, 6) is 0.373. The van der Waals surface area contributed by atoms with Gasteiger partial charge in [0.2, 0.25) is 5.75 Å². The largest absolute Gasteiger partial charge is 0.493 e. The highest BCUT2D eigenvalue weighted by molar-refractivity contribution is 14.1. The molecule has 0 saturated heterocycles. The normalized spacial score (nSPS) is 10.1. The molecule has 0 aliphatic carbocycles. The van der Waals surface area contributed by atoms with Gasteiger partial charge in [-0.05, 0) is 64.6 Å². The molecule has 0 spiro atoms. The summed E-state index contributed by atoms with van der Waals surface area (Å²) in [4.78, 5) is 23.9. The Balaban J connectivity index is 1.93. The van der Waals surface area contributed by atoms with Crippen LogP contribution in [0.5, 0.6) is 17.2 Å². The van der Waals surface area contributed by atoms with E-state index >= 15 is 0 Å². The van der Waals surface area contributed by atoms with Crippen LogP contribution < -0.4 is 19.5 Å². The maximum Gasteiger partial charge on any atom is 0.310 e. The average Bonchev–Trinajstić information content (AvgIpc) is 2.67. The molecule has 1 amide bonds. The summed E-state index contributed by atoms with van der Waals surface area (Å²) in [5, 5.41) is 2.66. The quantitative estimate of drug-likeness (QED) is 0.458. The van der Waals surface area contributed by atoms with Gasteiger partial charge in [0.1, 0.15) is 0 Å². The van der Waals surface area contributed by atoms with E-state index < -0.39 is 11.9 Å². The number of benzene rings is 2. The number of hydrogen-bond acceptors (Lipinski definition) is 6. The van der Waals surface area contributed by atoms with Crippen molar-refractivity contribution in [3.8, 4) is 17.2 Å². The first kappa shape index (κ1) is 20.8. The van der Waals surface area contributed by atoms with Gasteiger partial charge in [-0.25, -0.2) is 0 Å². The zero-order chi connectivity index (χ0) is 19.8. The maximum atomic E-state index is 12.1. The molecule has 0 aliphatic rings. The van der Waals surface area contributed by atoms with Gasteiger partial charge in [0.15, 0.2) is 18.1 Å². The summed E-state index contributed by atoms with van der Waals surface area (Å²) in [6.07, 6.45) is -0.0342. The Morgan fingerprint density at radius 3 is 2.07 bits per heavy atom. The van der Waals surface area contributed by atoms with E-state index in [9.17, 15) is 9.59 Å². The highest BCUT2D eigenvalue weighted by Gasteiger charge is 2.16. The first-order chi connectivity index (χ1) is 13.0. The highest BCUT2D eigenvalue weighted by Crippen LogP contribution is 2.38. The summed E-state index contributed by atoms with van der Waals surface area (Å²) in [6.45, 7) is -0.366. The third kappa shape index (κ3) is 6.02. The molecule has 0 aromatic heterocycles. The molecule has 1 N–H and O–H groups in total. The number of ether oxygens (including phenoxy) is 4. The summed E-state index contributed by atoms with van der Waals surface area (Å²) < 4.78 is 21.8. The summed E-state index contributed by atoms with van der Waals surface area (Å²) in [7, 11) is 4.49. The van der Waals surface area contributed by atoms with Crippen LogP contribution in [0, 0.1) is 3.57 Å². The second kappa shape index (κ2) is 10.0. The Hall–Kier alpha value is -2.49. The minimum absolute atomic E-state index is 0.0342. The fourth-order valence-electron chi connectivity index (χ4n) is 2.33. The van der Waals surface area contributed by atoms with Crippen molar-refractivity contribution < 1.29 is 28.5 Å². The fraction of sp³-hybridized carbons (Fsp3) is 0.263. The summed E-state index contributed by atoms with van der Waals surface area (Å²) >= 11 is 2.17. The Bertz CT molecular complexity index is 781. The number of methoxy groups -OCH3 is 3. The number of nitrogens with one attached hydrogen (secondary N) is 1.